The van der Waals surface area contributed by atoms with Crippen LogP contribution in [0.25, 0.3) is 0 Å². The van der Waals surface area contributed by atoms with Crippen molar-refractivity contribution >= 4 is 0 Å². The molecule has 2 aliphatic rings. The second kappa shape index (κ2) is 6.69. The van der Waals surface area contributed by atoms with E-state index in [1.807, 2.05) is 30.3 Å². The van der Waals surface area contributed by atoms with Crippen LogP contribution in [0.4, 0.5) is 0 Å². The summed E-state index contributed by atoms with van der Waals surface area (Å²) >= 11 is 0. The summed E-state index contributed by atoms with van der Waals surface area (Å²) in [7, 11) is 0. The monoisotopic (exact) mass is 353 g/mol. The summed E-state index contributed by atoms with van der Waals surface area (Å²) < 4.78 is 0. The van der Waals surface area contributed by atoms with Gasteiger partial charge in [0, 0.05) is 19.1 Å². The maximum Gasteiger partial charge on any atom is 0.115 e. The number of hydrogen-bond acceptors (Lipinski definition) is 4. The van der Waals surface area contributed by atoms with Gasteiger partial charge in [0.2, 0.25) is 0 Å². The van der Waals surface area contributed by atoms with Crippen LogP contribution >= 0.6 is 0 Å². The van der Waals surface area contributed by atoms with Crippen LogP contribution in [0.3, 0.4) is 0 Å². The molecule has 1 saturated heterocycles. The summed E-state index contributed by atoms with van der Waals surface area (Å²) in [6.07, 6.45) is 1.00. The molecule has 4 heteroatoms. The summed E-state index contributed by atoms with van der Waals surface area (Å²) in [6.45, 7) is 3.88. The second-order valence-corrected chi connectivity index (χ2v) is 8.06. The van der Waals surface area contributed by atoms with E-state index in [-0.39, 0.29) is 11.8 Å². The van der Waals surface area contributed by atoms with Crippen molar-refractivity contribution in [2.75, 3.05) is 13.1 Å². The molecule has 1 aliphatic carbocycles. The number of aromatic hydroxyl groups is 1. The Hall–Kier alpha value is -1.88. The Morgan fingerprint density at radius 3 is 2.12 bits per heavy atom. The minimum atomic E-state index is -0.707. The van der Waals surface area contributed by atoms with E-state index in [1.165, 1.54) is 0 Å². The van der Waals surface area contributed by atoms with Crippen molar-refractivity contribution in [3.63, 3.8) is 0 Å². The molecular formula is C22H27NO3. The van der Waals surface area contributed by atoms with E-state index in [2.05, 4.69) is 11.8 Å². The van der Waals surface area contributed by atoms with Gasteiger partial charge in [0.1, 0.15) is 5.75 Å². The van der Waals surface area contributed by atoms with Crippen molar-refractivity contribution in [1.29, 1.82) is 0 Å². The molecule has 2 aromatic carbocycles. The molecule has 4 nitrogen and oxygen atoms in total. The molecule has 2 aromatic rings. The highest BCUT2D eigenvalue weighted by molar-refractivity contribution is 5.28. The fourth-order valence-corrected chi connectivity index (χ4v) is 4.85. The molecule has 0 bridgehead atoms. The summed E-state index contributed by atoms with van der Waals surface area (Å²) in [4.78, 5) is 2.34. The van der Waals surface area contributed by atoms with Crippen molar-refractivity contribution in [3.8, 4) is 5.75 Å². The van der Waals surface area contributed by atoms with Gasteiger partial charge in [-0.2, -0.15) is 0 Å². The van der Waals surface area contributed by atoms with E-state index < -0.39 is 11.7 Å². The lowest BCUT2D eigenvalue weighted by Crippen LogP contribution is -2.37. The number of phenols is 1. The quantitative estimate of drug-likeness (QED) is 0.791. The Balaban J connectivity index is 1.42. The number of hydrogen-bond donors (Lipinski definition) is 3. The number of phenolic OH excluding ortho intramolecular Hbond substituents is 1. The summed E-state index contributed by atoms with van der Waals surface area (Å²) in [6, 6.07) is 16.8. The van der Waals surface area contributed by atoms with Gasteiger partial charge in [-0.15, -0.1) is 0 Å². The minimum Gasteiger partial charge on any atom is -0.508 e. The number of rotatable bonds is 4. The van der Waals surface area contributed by atoms with Gasteiger partial charge in [0.15, 0.2) is 0 Å². The van der Waals surface area contributed by atoms with Crippen molar-refractivity contribution in [1.82, 2.24) is 4.90 Å². The van der Waals surface area contributed by atoms with Crippen LogP contribution < -0.4 is 0 Å². The van der Waals surface area contributed by atoms with Crippen LogP contribution in [0.15, 0.2) is 54.6 Å². The van der Waals surface area contributed by atoms with Crippen LogP contribution in [-0.4, -0.2) is 39.4 Å². The van der Waals surface area contributed by atoms with Crippen LogP contribution in [0.5, 0.6) is 5.75 Å². The second-order valence-electron chi connectivity index (χ2n) is 8.06. The van der Waals surface area contributed by atoms with E-state index in [1.54, 1.807) is 24.3 Å². The van der Waals surface area contributed by atoms with Crippen molar-refractivity contribution in [3.05, 3.63) is 65.7 Å². The van der Waals surface area contributed by atoms with E-state index in [4.69, 9.17) is 0 Å². The Bertz CT molecular complexity index is 732. The van der Waals surface area contributed by atoms with E-state index in [0.29, 0.717) is 11.8 Å². The minimum absolute atomic E-state index is 0.00922. The number of likely N-dealkylation sites (tertiary alicyclic amines) is 1. The lowest BCUT2D eigenvalue weighted by atomic mass is 9.90. The molecule has 26 heavy (non-hydrogen) atoms. The molecule has 1 heterocycles. The standard InChI is InChI=1S/C22H27NO3/c1-15(21(25)16-7-9-20(24)10-8-16)23-13-17-11-22(26,12-18(17)14-23)19-5-3-2-4-6-19/h2-10,15,17-18,21,24-26H,11-14H2,1H3/t15?,17-,18?,21?,22?/m0/s1. The predicted octanol–water partition coefficient (Wildman–Crippen LogP) is 3.04. The van der Waals surface area contributed by atoms with Crippen molar-refractivity contribution in [2.45, 2.75) is 37.5 Å². The predicted molar refractivity (Wildman–Crippen MR) is 101 cm³/mol. The van der Waals surface area contributed by atoms with Crippen LogP contribution in [0.2, 0.25) is 0 Å². The highest BCUT2D eigenvalue weighted by atomic mass is 16.3. The third-order valence-electron chi connectivity index (χ3n) is 6.38. The van der Waals surface area contributed by atoms with E-state index in [0.717, 1.165) is 37.1 Å². The normalized spacial score (nSPS) is 30.9. The number of nitrogens with zero attached hydrogens (tertiary/aromatic N) is 1. The molecule has 0 aromatic heterocycles. The zero-order valence-corrected chi connectivity index (χ0v) is 15.1. The van der Waals surface area contributed by atoms with Crippen molar-refractivity contribution in [2.24, 2.45) is 11.8 Å². The van der Waals surface area contributed by atoms with Gasteiger partial charge in [-0.1, -0.05) is 42.5 Å². The largest absolute Gasteiger partial charge is 0.508 e. The van der Waals surface area contributed by atoms with Gasteiger partial charge in [-0.3, -0.25) is 4.90 Å². The Labute approximate surface area is 154 Å². The Morgan fingerprint density at radius 1 is 0.962 bits per heavy atom. The smallest absolute Gasteiger partial charge is 0.115 e. The maximum absolute atomic E-state index is 11.1. The summed E-state index contributed by atoms with van der Waals surface area (Å²) in [5.41, 5.74) is 1.15. The molecule has 2 fully saturated rings. The highest BCUT2D eigenvalue weighted by Gasteiger charge is 2.50. The third-order valence-corrected chi connectivity index (χ3v) is 6.38. The molecule has 0 radical (unpaired) electrons. The molecule has 0 spiro atoms. The van der Waals surface area contributed by atoms with Gasteiger partial charge in [-0.25, -0.2) is 0 Å². The van der Waals surface area contributed by atoms with Crippen LogP contribution in [0, 0.1) is 11.8 Å². The maximum atomic E-state index is 11.1. The molecule has 138 valence electrons. The lowest BCUT2D eigenvalue weighted by molar-refractivity contribution is 0.0211. The third kappa shape index (κ3) is 3.13. The zero-order valence-electron chi connectivity index (χ0n) is 15.1. The Morgan fingerprint density at radius 2 is 1.54 bits per heavy atom. The average Bonchev–Trinajstić information content (AvgIpc) is 3.18. The first-order valence-corrected chi connectivity index (χ1v) is 9.45. The van der Waals surface area contributed by atoms with Crippen molar-refractivity contribution < 1.29 is 15.3 Å². The number of aliphatic hydroxyl groups excluding tert-OH is 1. The molecule has 1 aliphatic heterocycles. The lowest BCUT2D eigenvalue weighted by Gasteiger charge is -2.31. The summed E-state index contributed by atoms with van der Waals surface area (Å²) in [5, 5.41) is 31.3. The number of fused-ring (bicyclic) bond motifs is 1. The fraction of sp³-hybridized carbons (Fsp3) is 0.455. The molecule has 5 atom stereocenters. The topological polar surface area (TPSA) is 63.9 Å². The first-order valence-electron chi connectivity index (χ1n) is 9.45. The first-order chi connectivity index (χ1) is 12.5. The van der Waals surface area contributed by atoms with Gasteiger partial charge in [0.25, 0.3) is 0 Å². The van der Waals surface area contributed by atoms with Crippen LogP contribution in [0.1, 0.15) is 37.0 Å². The molecule has 0 amide bonds. The van der Waals surface area contributed by atoms with Gasteiger partial charge >= 0.3 is 0 Å². The highest BCUT2D eigenvalue weighted by Crippen LogP contribution is 2.49. The average molecular weight is 353 g/mol. The summed E-state index contributed by atoms with van der Waals surface area (Å²) in [5.74, 6) is 1.15. The van der Waals surface area contributed by atoms with E-state index in [9.17, 15) is 15.3 Å². The number of aliphatic hydroxyl groups is 2. The molecule has 4 rings (SSSR count). The molecule has 1 saturated carbocycles. The zero-order chi connectivity index (χ0) is 18.3. The van der Waals surface area contributed by atoms with Gasteiger partial charge in [0.05, 0.1) is 11.7 Å². The van der Waals surface area contributed by atoms with Gasteiger partial charge < -0.3 is 15.3 Å². The number of benzene rings is 2. The fourth-order valence-electron chi connectivity index (χ4n) is 4.85. The SMILES string of the molecule is CC(C(O)c1ccc(O)cc1)N1CC2CC(O)(c3ccccc3)C[C@H]2C1. The molecule has 3 N–H and O–H groups in total. The van der Waals surface area contributed by atoms with Crippen LogP contribution in [-0.2, 0) is 5.60 Å². The van der Waals surface area contributed by atoms with Gasteiger partial charge in [-0.05, 0) is 54.9 Å². The Kier molecular flexibility index (Phi) is 4.51. The van der Waals surface area contributed by atoms with E-state index >= 15 is 0 Å². The molecule has 4 unspecified atom stereocenters. The first kappa shape index (κ1) is 17.5. The molecular weight excluding hydrogens is 326 g/mol.